The summed E-state index contributed by atoms with van der Waals surface area (Å²) in [4.78, 5) is 18.0. The average Bonchev–Trinajstić information content (AvgIpc) is 2.92. The highest BCUT2D eigenvalue weighted by Gasteiger charge is 2.26. The van der Waals surface area contributed by atoms with Crippen molar-refractivity contribution < 1.29 is 16.7 Å². The summed E-state index contributed by atoms with van der Waals surface area (Å²) in [6.45, 7) is 1.71. The first-order chi connectivity index (χ1) is 13.2. The Bertz CT molecular complexity index is 1120. The molecule has 1 aromatic carbocycles. The Labute approximate surface area is 164 Å². The molecule has 5 nitrogen and oxygen atoms in total. The summed E-state index contributed by atoms with van der Waals surface area (Å²) >= 11 is 4.30. The van der Waals surface area contributed by atoms with Crippen molar-refractivity contribution in [1.29, 1.82) is 0 Å². The first kappa shape index (κ1) is 14.9. The highest BCUT2D eigenvalue weighted by atomic mass is 79.9. The predicted molar refractivity (Wildman–Crippen MR) is 103 cm³/mol. The minimum absolute atomic E-state index is 0.114. The van der Waals surface area contributed by atoms with E-state index in [0.29, 0.717) is 14.7 Å². The third kappa shape index (κ3) is 3.03. The number of aromatic nitrogens is 1. The van der Waals surface area contributed by atoms with Gasteiger partial charge in [-0.05, 0) is 31.2 Å². The fourth-order valence-corrected chi connectivity index (χ4v) is 4.20. The first-order valence-electron chi connectivity index (χ1n) is 8.77. The number of fused-ring (bicyclic) bond motifs is 2. The third-order valence-corrected chi connectivity index (χ3v) is 5.56. The van der Waals surface area contributed by atoms with E-state index in [2.05, 4.69) is 26.2 Å². The second kappa shape index (κ2) is 6.51. The maximum absolute atomic E-state index is 14.4. The summed E-state index contributed by atoms with van der Waals surface area (Å²) in [6.07, 6.45) is -2.16. The predicted octanol–water partition coefficient (Wildman–Crippen LogP) is 3.82. The first-order valence-corrected chi connectivity index (χ1v) is 9.38. The van der Waals surface area contributed by atoms with Gasteiger partial charge in [0.2, 0.25) is 0 Å². The molecule has 2 aromatic heterocycles. The number of ether oxygens (including phenoxy) is 1. The molecule has 0 bridgehead atoms. The van der Waals surface area contributed by atoms with Gasteiger partial charge in [-0.25, -0.2) is 9.37 Å². The van der Waals surface area contributed by atoms with Gasteiger partial charge in [0.05, 0.1) is 11.7 Å². The SMILES string of the molecule is [2H]C1([2H])c2c(F)cc(Br)cc2OCC1NC(=O)c1sc2nc(C)ccc2c1N. The molecule has 1 amide bonds. The molecule has 1 aliphatic heterocycles. The van der Waals surface area contributed by atoms with Crippen LogP contribution in [0.25, 0.3) is 10.2 Å². The molecule has 0 fully saturated rings. The van der Waals surface area contributed by atoms with E-state index in [9.17, 15) is 9.18 Å². The van der Waals surface area contributed by atoms with Crippen molar-refractivity contribution in [3.63, 3.8) is 0 Å². The molecule has 8 heteroatoms. The zero-order valence-electron chi connectivity index (χ0n) is 15.6. The number of rotatable bonds is 2. The van der Waals surface area contributed by atoms with E-state index in [1.54, 1.807) is 12.1 Å². The van der Waals surface area contributed by atoms with Crippen LogP contribution in [0.1, 0.15) is 23.7 Å². The standard InChI is InChI=1S/C18H15BrFN3O2S/c1-8-2-3-11-15(21)16(26-18(11)22-8)17(24)23-10-6-12-13(20)4-9(19)5-14(12)25-7-10/h2-5,10H,6-7,21H2,1H3,(H,23,24)/i6D2. The lowest BCUT2D eigenvalue weighted by atomic mass is 10.0. The fraction of sp³-hybridized carbons (Fsp3) is 0.222. The number of carbonyl (C=O) groups is 1. The number of thiophene rings is 1. The fourth-order valence-electron chi connectivity index (χ4n) is 2.75. The molecule has 3 N–H and O–H groups in total. The van der Waals surface area contributed by atoms with E-state index in [4.69, 9.17) is 13.2 Å². The Morgan fingerprint density at radius 3 is 3.15 bits per heavy atom. The highest BCUT2D eigenvalue weighted by molar-refractivity contribution is 9.10. The zero-order valence-corrected chi connectivity index (χ0v) is 16.0. The molecular weight excluding hydrogens is 421 g/mol. The second-order valence-electron chi connectivity index (χ2n) is 5.89. The number of halogens is 2. The molecule has 0 saturated carbocycles. The molecule has 0 aliphatic carbocycles. The van der Waals surface area contributed by atoms with Crippen LogP contribution < -0.4 is 15.8 Å². The molecule has 1 atom stereocenters. The van der Waals surface area contributed by atoms with Crippen LogP contribution >= 0.6 is 27.3 Å². The molecule has 134 valence electrons. The van der Waals surface area contributed by atoms with Crippen LogP contribution in [0.15, 0.2) is 28.7 Å². The smallest absolute Gasteiger partial charge is 0.263 e. The van der Waals surface area contributed by atoms with Gasteiger partial charge in [-0.1, -0.05) is 15.9 Å². The van der Waals surface area contributed by atoms with Crippen LogP contribution in [0, 0.1) is 12.7 Å². The normalized spacial score (nSPS) is 19.3. The number of aryl methyl sites for hydroxylation is 1. The summed E-state index contributed by atoms with van der Waals surface area (Å²) < 4.78 is 37.2. The molecule has 3 heterocycles. The zero-order chi connectivity index (χ0) is 20.2. The Morgan fingerprint density at radius 1 is 1.54 bits per heavy atom. The van der Waals surface area contributed by atoms with E-state index < -0.39 is 24.1 Å². The Morgan fingerprint density at radius 2 is 2.35 bits per heavy atom. The topological polar surface area (TPSA) is 77.2 Å². The van der Waals surface area contributed by atoms with Gasteiger partial charge in [-0.15, -0.1) is 11.3 Å². The quantitative estimate of drug-likeness (QED) is 0.638. The number of nitrogens with one attached hydrogen (secondary N) is 1. The second-order valence-corrected chi connectivity index (χ2v) is 7.81. The van der Waals surface area contributed by atoms with Crippen molar-refractivity contribution in [3.8, 4) is 5.75 Å². The third-order valence-electron chi connectivity index (χ3n) is 3.99. The van der Waals surface area contributed by atoms with Crippen LogP contribution in [0.2, 0.25) is 0 Å². The molecular formula is C18H15BrFN3O2S. The van der Waals surface area contributed by atoms with Crippen LogP contribution in [0.5, 0.6) is 5.75 Å². The molecule has 4 rings (SSSR count). The number of pyridine rings is 1. The summed E-state index contributed by atoms with van der Waals surface area (Å²) in [5, 5.41) is 3.28. The number of hydrogen-bond acceptors (Lipinski definition) is 5. The van der Waals surface area contributed by atoms with Crippen LogP contribution in [0.3, 0.4) is 0 Å². The minimum Gasteiger partial charge on any atom is -0.491 e. The maximum Gasteiger partial charge on any atom is 0.263 e. The molecule has 0 radical (unpaired) electrons. The van der Waals surface area contributed by atoms with E-state index >= 15 is 0 Å². The number of amides is 1. The number of carbonyl (C=O) groups excluding carboxylic acids is 1. The molecule has 1 unspecified atom stereocenters. The van der Waals surface area contributed by atoms with E-state index in [0.717, 1.165) is 17.0 Å². The maximum atomic E-state index is 14.4. The highest BCUT2D eigenvalue weighted by Crippen LogP contribution is 2.34. The number of nitrogens with zero attached hydrogens (tertiary/aromatic N) is 1. The number of hydrogen-bond donors (Lipinski definition) is 2. The number of nitrogens with two attached hydrogens (primary N) is 1. The van der Waals surface area contributed by atoms with Gasteiger partial charge in [0.15, 0.2) is 0 Å². The van der Waals surface area contributed by atoms with Gasteiger partial charge in [0.1, 0.15) is 27.9 Å². The summed E-state index contributed by atoms with van der Waals surface area (Å²) in [5.74, 6) is -1.17. The van der Waals surface area contributed by atoms with Crippen molar-refractivity contribution >= 4 is 49.1 Å². The molecule has 0 spiro atoms. The minimum atomic E-state index is -2.16. The Hall–Kier alpha value is -2.19. The molecule has 3 aromatic rings. The Kier molecular flexibility index (Phi) is 3.74. The van der Waals surface area contributed by atoms with Crippen molar-refractivity contribution in [3.05, 3.63) is 50.7 Å². The Balaban J connectivity index is 1.66. The van der Waals surface area contributed by atoms with Crippen LogP contribution in [0.4, 0.5) is 10.1 Å². The van der Waals surface area contributed by atoms with Gasteiger partial charge < -0.3 is 15.8 Å². The van der Waals surface area contributed by atoms with Crippen molar-refractivity contribution in [2.45, 2.75) is 19.3 Å². The van der Waals surface area contributed by atoms with Gasteiger partial charge in [0, 0.05) is 30.2 Å². The number of anilines is 1. The largest absolute Gasteiger partial charge is 0.491 e. The van der Waals surface area contributed by atoms with Crippen molar-refractivity contribution in [2.75, 3.05) is 12.3 Å². The number of nitrogen functional groups attached to an aromatic ring is 1. The molecule has 26 heavy (non-hydrogen) atoms. The summed E-state index contributed by atoms with van der Waals surface area (Å²) in [7, 11) is 0. The van der Waals surface area contributed by atoms with Crippen LogP contribution in [-0.4, -0.2) is 23.5 Å². The van der Waals surface area contributed by atoms with Crippen molar-refractivity contribution in [1.82, 2.24) is 10.3 Å². The van der Waals surface area contributed by atoms with E-state index in [1.165, 1.54) is 12.1 Å². The van der Waals surface area contributed by atoms with Gasteiger partial charge in [-0.3, -0.25) is 4.79 Å². The lowest BCUT2D eigenvalue weighted by molar-refractivity contribution is 0.0919. The average molecular weight is 438 g/mol. The van der Waals surface area contributed by atoms with Gasteiger partial charge in [-0.2, -0.15) is 0 Å². The van der Waals surface area contributed by atoms with E-state index in [1.807, 2.05) is 6.92 Å². The van der Waals surface area contributed by atoms with E-state index in [-0.39, 0.29) is 28.5 Å². The lowest BCUT2D eigenvalue weighted by Gasteiger charge is -2.26. The van der Waals surface area contributed by atoms with Crippen molar-refractivity contribution in [2.24, 2.45) is 0 Å². The summed E-state index contributed by atoms with van der Waals surface area (Å²) in [6, 6.07) is 5.20. The molecule has 0 saturated heterocycles. The number of benzene rings is 1. The van der Waals surface area contributed by atoms with Gasteiger partial charge >= 0.3 is 0 Å². The monoisotopic (exact) mass is 437 g/mol. The van der Waals surface area contributed by atoms with Gasteiger partial charge in [0.25, 0.3) is 5.91 Å². The van der Waals surface area contributed by atoms with Crippen LogP contribution in [-0.2, 0) is 6.37 Å². The molecule has 1 aliphatic rings. The summed E-state index contributed by atoms with van der Waals surface area (Å²) in [5.41, 5.74) is 6.98. The lowest BCUT2D eigenvalue weighted by Crippen LogP contribution is -2.43.